The summed E-state index contributed by atoms with van der Waals surface area (Å²) in [5.74, 6) is -0.363. The van der Waals surface area contributed by atoms with Gasteiger partial charge in [0.05, 0.1) is 12.6 Å². The highest BCUT2D eigenvalue weighted by Gasteiger charge is 2.45. The lowest BCUT2D eigenvalue weighted by Crippen LogP contribution is -2.31. The molecule has 0 spiro atoms. The van der Waals surface area contributed by atoms with Crippen LogP contribution >= 0.6 is 11.6 Å². The number of alkyl halides is 3. The van der Waals surface area contributed by atoms with Gasteiger partial charge < -0.3 is 31.2 Å². The van der Waals surface area contributed by atoms with Crippen LogP contribution in [0, 0.1) is 0 Å². The van der Waals surface area contributed by atoms with E-state index < -0.39 is 36.3 Å². The van der Waals surface area contributed by atoms with Gasteiger partial charge in [-0.2, -0.15) is 28.1 Å². The largest absolute Gasteiger partial charge is 0.467 e. The lowest BCUT2D eigenvalue weighted by atomic mass is 10.1. The average molecular weight is 580 g/mol. The lowest BCUT2D eigenvalue weighted by molar-refractivity contribution is -0.154. The highest BCUT2D eigenvalue weighted by molar-refractivity contribution is 6.30. The number of methoxy groups -OCH3 is 1. The average Bonchev–Trinajstić information content (AvgIpc) is 3.70. The van der Waals surface area contributed by atoms with Crippen molar-refractivity contribution in [3.05, 3.63) is 59.1 Å². The van der Waals surface area contributed by atoms with E-state index >= 15 is 0 Å². The summed E-state index contributed by atoms with van der Waals surface area (Å²) in [6, 6.07) is 13.1. The Hall–Kier alpha value is -3.84. The third-order valence-corrected chi connectivity index (χ3v) is 6.39. The molecule has 1 aliphatic rings. The van der Waals surface area contributed by atoms with Crippen molar-refractivity contribution < 1.29 is 27.4 Å². The van der Waals surface area contributed by atoms with Gasteiger partial charge in [0.1, 0.15) is 6.04 Å². The molecule has 40 heavy (non-hydrogen) atoms. The van der Waals surface area contributed by atoms with E-state index in [-0.39, 0.29) is 11.9 Å². The van der Waals surface area contributed by atoms with E-state index in [2.05, 4.69) is 30.9 Å². The fourth-order valence-corrected chi connectivity index (χ4v) is 4.09. The topological polar surface area (TPSA) is 136 Å². The molecule has 10 nitrogen and oxygen atoms in total. The number of nitrogens with two attached hydrogens (primary N) is 1. The quantitative estimate of drug-likeness (QED) is 0.205. The summed E-state index contributed by atoms with van der Waals surface area (Å²) in [6.45, 7) is -1.11. The lowest BCUT2D eigenvalue weighted by Gasteiger charge is -2.19. The summed E-state index contributed by atoms with van der Waals surface area (Å²) in [6.07, 6.45) is -1.88. The summed E-state index contributed by atoms with van der Waals surface area (Å²) < 4.78 is 48.1. The fourth-order valence-electron chi connectivity index (χ4n) is 3.97. The van der Waals surface area contributed by atoms with Crippen LogP contribution in [-0.2, 0) is 15.1 Å². The van der Waals surface area contributed by atoms with Gasteiger partial charge in [-0.05, 0) is 74.2 Å². The monoisotopic (exact) mass is 579 g/mol. The van der Waals surface area contributed by atoms with Crippen molar-refractivity contribution in [1.29, 1.82) is 0 Å². The van der Waals surface area contributed by atoms with Crippen LogP contribution in [0.1, 0.15) is 31.2 Å². The predicted octanol–water partition coefficient (Wildman–Crippen LogP) is 5.00. The molecule has 0 aliphatic heterocycles. The Morgan fingerprint density at radius 3 is 2.30 bits per heavy atom. The van der Waals surface area contributed by atoms with Crippen LogP contribution in [-0.4, -0.2) is 53.4 Å². The summed E-state index contributed by atoms with van der Waals surface area (Å²) >= 11 is 6.01. The number of carbonyl (C=O) groups excluding carboxylic acids is 1. The number of ether oxygens (including phenoxy) is 2. The maximum absolute atomic E-state index is 12.8. The summed E-state index contributed by atoms with van der Waals surface area (Å²) in [5.41, 5.74) is 7.23. The van der Waals surface area contributed by atoms with Crippen LogP contribution in [0.15, 0.2) is 48.5 Å². The van der Waals surface area contributed by atoms with Crippen LogP contribution in [0.4, 0.5) is 36.4 Å². The van der Waals surface area contributed by atoms with E-state index in [4.69, 9.17) is 26.8 Å². The third kappa shape index (κ3) is 8.09. The number of nitrogens with one attached hydrogen (secondary N) is 3. The fraction of sp³-hybridized carbons (Fsp3) is 0.385. The van der Waals surface area contributed by atoms with Gasteiger partial charge in [0.15, 0.2) is 6.61 Å². The molecule has 1 saturated carbocycles. The Morgan fingerprint density at radius 2 is 1.70 bits per heavy atom. The zero-order chi connectivity index (χ0) is 28.8. The van der Waals surface area contributed by atoms with E-state index in [1.807, 2.05) is 12.1 Å². The van der Waals surface area contributed by atoms with E-state index in [1.54, 1.807) is 36.4 Å². The standard InChI is InChI=1S/C26H29ClF3N7O3/c1-39-21(38)20(3-2-14-31)32-18-8-10-19(11-9-18)33-22-34-23(36-24(35-22)40-15-26(28,29)30)37-25(12-13-25)16-4-6-17(27)7-5-16/h4-11,20,32H,2-3,12-15,31H2,1H3,(H2,33,34,35,36,37)/t20-/m0/s1. The van der Waals surface area contributed by atoms with Crippen LogP contribution in [0.3, 0.4) is 0 Å². The molecule has 0 radical (unpaired) electrons. The number of aromatic nitrogens is 3. The summed E-state index contributed by atoms with van der Waals surface area (Å²) in [5, 5.41) is 9.89. The van der Waals surface area contributed by atoms with E-state index in [9.17, 15) is 18.0 Å². The minimum Gasteiger partial charge on any atom is -0.467 e. The SMILES string of the molecule is COC(=O)[C@H](CCCN)Nc1ccc(Nc2nc(NC3(c4ccc(Cl)cc4)CC3)nc(OCC(F)(F)F)n2)cc1. The van der Waals surface area contributed by atoms with Crippen LogP contribution in [0.2, 0.25) is 5.02 Å². The van der Waals surface area contributed by atoms with Crippen molar-refractivity contribution >= 4 is 40.8 Å². The number of halogens is 4. The Bertz CT molecular complexity index is 1290. The Labute approximate surface area is 233 Å². The van der Waals surface area contributed by atoms with Gasteiger partial charge in [-0.1, -0.05) is 23.7 Å². The minimum atomic E-state index is -4.57. The van der Waals surface area contributed by atoms with Crippen LogP contribution < -0.4 is 26.4 Å². The number of anilines is 4. The van der Waals surface area contributed by atoms with Gasteiger partial charge in [0.2, 0.25) is 11.9 Å². The molecule has 2 aromatic carbocycles. The molecule has 0 bridgehead atoms. The van der Waals surface area contributed by atoms with Crippen LogP contribution in [0.25, 0.3) is 0 Å². The summed E-state index contributed by atoms with van der Waals surface area (Å²) in [7, 11) is 1.32. The molecule has 1 fully saturated rings. The molecule has 1 heterocycles. The van der Waals surface area contributed by atoms with Gasteiger partial charge >= 0.3 is 18.2 Å². The van der Waals surface area contributed by atoms with Gasteiger partial charge in [-0.3, -0.25) is 0 Å². The second-order valence-corrected chi connectivity index (χ2v) is 9.67. The normalized spacial score (nSPS) is 14.7. The molecular weight excluding hydrogens is 551 g/mol. The molecule has 1 aromatic heterocycles. The van der Waals surface area contributed by atoms with Crippen molar-refractivity contribution in [2.24, 2.45) is 5.73 Å². The number of nitrogens with zero attached hydrogens (tertiary/aromatic N) is 3. The second kappa shape index (κ2) is 12.6. The molecular formula is C26H29ClF3N7O3. The molecule has 0 saturated heterocycles. The number of esters is 1. The van der Waals surface area contributed by atoms with Crippen molar-refractivity contribution in [3.63, 3.8) is 0 Å². The first-order chi connectivity index (χ1) is 19.1. The van der Waals surface area contributed by atoms with Crippen molar-refractivity contribution in [1.82, 2.24) is 15.0 Å². The highest BCUT2D eigenvalue weighted by Crippen LogP contribution is 2.48. The number of rotatable bonds is 13. The zero-order valence-corrected chi connectivity index (χ0v) is 22.4. The van der Waals surface area contributed by atoms with Gasteiger partial charge in [-0.25, -0.2) is 4.79 Å². The number of hydrogen-bond donors (Lipinski definition) is 4. The van der Waals surface area contributed by atoms with E-state index in [0.717, 1.165) is 18.4 Å². The highest BCUT2D eigenvalue weighted by atomic mass is 35.5. The van der Waals surface area contributed by atoms with Crippen molar-refractivity contribution in [3.8, 4) is 6.01 Å². The number of carbonyl (C=O) groups is 1. The van der Waals surface area contributed by atoms with Crippen molar-refractivity contribution in [2.75, 3.05) is 36.2 Å². The maximum atomic E-state index is 12.8. The number of hydrogen-bond acceptors (Lipinski definition) is 10. The molecule has 1 atom stereocenters. The molecule has 4 rings (SSSR count). The zero-order valence-electron chi connectivity index (χ0n) is 21.6. The minimum absolute atomic E-state index is 0.0160. The number of benzene rings is 2. The Morgan fingerprint density at radius 1 is 1.05 bits per heavy atom. The molecule has 0 unspecified atom stereocenters. The van der Waals surface area contributed by atoms with Gasteiger partial charge in [0, 0.05) is 16.4 Å². The van der Waals surface area contributed by atoms with Gasteiger partial charge in [0.25, 0.3) is 0 Å². The van der Waals surface area contributed by atoms with E-state index in [1.165, 1.54) is 7.11 Å². The predicted molar refractivity (Wildman–Crippen MR) is 145 cm³/mol. The molecule has 1 aliphatic carbocycles. The molecule has 214 valence electrons. The smallest absolute Gasteiger partial charge is 0.422 e. The van der Waals surface area contributed by atoms with Gasteiger partial charge in [-0.15, -0.1) is 0 Å². The third-order valence-electron chi connectivity index (χ3n) is 6.14. The molecule has 0 amide bonds. The van der Waals surface area contributed by atoms with Crippen LogP contribution in [0.5, 0.6) is 6.01 Å². The van der Waals surface area contributed by atoms with E-state index in [0.29, 0.717) is 35.8 Å². The molecule has 3 aromatic rings. The maximum Gasteiger partial charge on any atom is 0.422 e. The first kappa shape index (κ1) is 29.2. The Kier molecular flexibility index (Phi) is 9.15. The van der Waals surface area contributed by atoms with Crippen molar-refractivity contribution in [2.45, 2.75) is 43.4 Å². The Balaban J connectivity index is 1.52. The molecule has 14 heteroatoms. The summed E-state index contributed by atoms with van der Waals surface area (Å²) in [4.78, 5) is 24.5. The first-order valence-electron chi connectivity index (χ1n) is 12.5. The first-order valence-corrected chi connectivity index (χ1v) is 12.9. The molecule has 5 N–H and O–H groups in total. The second-order valence-electron chi connectivity index (χ2n) is 9.24.